The quantitative estimate of drug-likeness (QED) is 0.521. The molecule has 0 amide bonds. The zero-order valence-corrected chi connectivity index (χ0v) is 7.10. The van der Waals surface area contributed by atoms with E-state index in [0.717, 1.165) is 0 Å². The summed E-state index contributed by atoms with van der Waals surface area (Å²) in [6, 6.07) is 0. The molecule has 0 unspecified atom stereocenters. The molecule has 0 aromatic rings. The molecular formula is CoCrCuNiSi. The van der Waals surface area contributed by atoms with Gasteiger partial charge in [0.2, 0.25) is 0 Å². The molecule has 0 spiro atoms. The maximum absolute atomic E-state index is 0. The largest absolute Gasteiger partial charge is 0 e. The van der Waals surface area contributed by atoms with Crippen LogP contribution in [0.1, 0.15) is 0 Å². The van der Waals surface area contributed by atoms with Gasteiger partial charge in [-0.2, -0.15) is 0 Å². The minimum Gasteiger partial charge on any atom is 0 e. The van der Waals surface area contributed by atoms with Crippen LogP contribution in [-0.2, 0) is 67.7 Å². The Balaban J connectivity index is 0. The molecule has 0 aromatic heterocycles. The van der Waals surface area contributed by atoms with Crippen molar-refractivity contribution in [3.05, 3.63) is 0 Å². The van der Waals surface area contributed by atoms with E-state index in [1.807, 2.05) is 0 Å². The van der Waals surface area contributed by atoms with E-state index in [9.17, 15) is 0 Å². The van der Waals surface area contributed by atoms with Crippen molar-refractivity contribution < 1.29 is 67.7 Å². The molecule has 0 aromatic carbocycles. The van der Waals surface area contributed by atoms with Crippen LogP contribution in [0.2, 0.25) is 0 Å². The van der Waals surface area contributed by atoms with Crippen LogP contribution in [-0.4, -0.2) is 11.0 Å². The number of hydrogen-bond donors (Lipinski definition) is 0. The Morgan fingerprint density at radius 3 is 1.00 bits per heavy atom. The van der Waals surface area contributed by atoms with Crippen LogP contribution in [0.3, 0.4) is 0 Å². The fraction of sp³-hybridized carbons (Fsp3) is 0. The smallest absolute Gasteiger partial charge is 0 e. The van der Waals surface area contributed by atoms with Gasteiger partial charge in [0.1, 0.15) is 0 Å². The summed E-state index contributed by atoms with van der Waals surface area (Å²) in [4.78, 5) is 0. The van der Waals surface area contributed by atoms with E-state index < -0.39 is 0 Å². The minimum atomic E-state index is 0. The van der Waals surface area contributed by atoms with Crippen molar-refractivity contribution in [2.75, 3.05) is 0 Å². The Morgan fingerprint density at radius 2 is 1.00 bits per heavy atom. The zero-order chi connectivity index (χ0) is 0. The molecule has 0 aliphatic heterocycles. The maximum Gasteiger partial charge on any atom is 0 e. The topological polar surface area (TPSA) is 0 Å². The molecule has 40 valence electrons. The van der Waals surface area contributed by atoms with Crippen molar-refractivity contribution in [2.45, 2.75) is 0 Å². The van der Waals surface area contributed by atoms with Gasteiger partial charge in [0.15, 0.2) is 0 Å². The van der Waals surface area contributed by atoms with E-state index in [1.54, 1.807) is 0 Å². The standard InChI is InChI=1S/Co.Cr.Cu.Ni.Si. The second-order valence-electron chi connectivity index (χ2n) is 0. The molecule has 0 atom stereocenters. The Morgan fingerprint density at radius 1 is 1.00 bits per heavy atom. The predicted molar refractivity (Wildman–Crippen MR) is 5.75 cm³/mol. The molecule has 0 aliphatic carbocycles. The van der Waals surface area contributed by atoms with Crippen LogP contribution in [0.25, 0.3) is 0 Å². The van der Waals surface area contributed by atoms with Crippen molar-refractivity contribution in [2.24, 2.45) is 0 Å². The molecule has 0 N–H and O–H groups in total. The molecule has 0 nitrogen and oxygen atoms in total. The molecule has 0 bridgehead atoms. The summed E-state index contributed by atoms with van der Waals surface area (Å²) in [5.41, 5.74) is 0. The summed E-state index contributed by atoms with van der Waals surface area (Å²) < 4.78 is 0. The Bertz CT molecular complexity index is 11.6. The van der Waals surface area contributed by atoms with E-state index in [0.29, 0.717) is 0 Å². The van der Waals surface area contributed by atoms with Gasteiger partial charge in [-0.3, -0.25) is 0 Å². The molecule has 0 fully saturated rings. The number of hydrogen-bond acceptors (Lipinski definition) is 0. The van der Waals surface area contributed by atoms with Gasteiger partial charge < -0.3 is 0 Å². The SMILES string of the molecule is [Co].[Cr].[Cu].[Ni].[Si]. The fourth-order valence-electron chi connectivity index (χ4n) is 0. The van der Waals surface area contributed by atoms with Crippen molar-refractivity contribution >= 4 is 11.0 Å². The van der Waals surface area contributed by atoms with Crippen LogP contribution in [0.15, 0.2) is 0 Å². The van der Waals surface area contributed by atoms with Crippen molar-refractivity contribution in [3.63, 3.8) is 0 Å². The molecule has 5 heteroatoms. The van der Waals surface area contributed by atoms with Crippen molar-refractivity contribution in [3.8, 4) is 0 Å². The fourth-order valence-corrected chi connectivity index (χ4v) is 0. The number of rotatable bonds is 0. The third-order valence-electron chi connectivity index (χ3n) is 0. The molecular weight excluding hydrogens is 261 g/mol. The molecule has 6 radical (unpaired) electrons. The van der Waals surface area contributed by atoms with Crippen LogP contribution in [0, 0.1) is 0 Å². The van der Waals surface area contributed by atoms with Crippen LogP contribution < -0.4 is 0 Å². The summed E-state index contributed by atoms with van der Waals surface area (Å²) in [5, 5.41) is 0. The summed E-state index contributed by atoms with van der Waals surface area (Å²) >= 11 is 0. The van der Waals surface area contributed by atoms with Gasteiger partial charge in [-0.25, -0.2) is 0 Å². The van der Waals surface area contributed by atoms with Gasteiger partial charge in [-0.1, -0.05) is 0 Å². The van der Waals surface area contributed by atoms with E-state index in [-0.39, 0.29) is 78.7 Å². The van der Waals surface area contributed by atoms with E-state index in [4.69, 9.17) is 0 Å². The van der Waals surface area contributed by atoms with Crippen LogP contribution in [0.4, 0.5) is 0 Å². The monoisotopic (exact) mass is 260 g/mol. The molecule has 0 aliphatic rings. The predicted octanol–water partition coefficient (Wildman–Crippen LogP) is -0.391. The molecule has 0 rings (SSSR count). The van der Waals surface area contributed by atoms with Crippen molar-refractivity contribution in [1.29, 1.82) is 0 Å². The Labute approximate surface area is 78.0 Å². The van der Waals surface area contributed by atoms with Gasteiger partial charge in [-0.15, -0.1) is 0 Å². The van der Waals surface area contributed by atoms with Crippen LogP contribution >= 0.6 is 0 Å². The summed E-state index contributed by atoms with van der Waals surface area (Å²) in [7, 11) is 0. The molecule has 0 saturated heterocycles. The summed E-state index contributed by atoms with van der Waals surface area (Å²) in [6.07, 6.45) is 0. The third kappa shape index (κ3) is 22.2. The molecule has 0 heterocycles. The van der Waals surface area contributed by atoms with Crippen LogP contribution in [0.5, 0.6) is 0 Å². The third-order valence-corrected chi connectivity index (χ3v) is 0. The van der Waals surface area contributed by atoms with E-state index >= 15 is 0 Å². The maximum atomic E-state index is 0. The first kappa shape index (κ1) is 55.5. The normalized spacial score (nSPS) is 0. The Kier molecular flexibility index (Phi) is 375. The first-order valence-corrected chi connectivity index (χ1v) is 0. The van der Waals surface area contributed by atoms with Gasteiger partial charge in [0.05, 0.1) is 0 Å². The Hall–Kier alpha value is 2.27. The van der Waals surface area contributed by atoms with Gasteiger partial charge in [0, 0.05) is 78.7 Å². The van der Waals surface area contributed by atoms with E-state index in [2.05, 4.69) is 0 Å². The molecule has 5 heavy (non-hydrogen) atoms. The van der Waals surface area contributed by atoms with Gasteiger partial charge >= 0.3 is 0 Å². The zero-order valence-electron chi connectivity index (χ0n) is 1.86. The van der Waals surface area contributed by atoms with Gasteiger partial charge in [0.25, 0.3) is 0 Å². The average molecular weight is 261 g/mol. The first-order valence-electron chi connectivity index (χ1n) is 0. The summed E-state index contributed by atoms with van der Waals surface area (Å²) in [6.45, 7) is 0. The second kappa shape index (κ2) is 33.8. The molecule has 0 saturated carbocycles. The minimum absolute atomic E-state index is 0. The second-order valence-corrected chi connectivity index (χ2v) is 0. The average Bonchev–Trinajstić information content (AvgIpc) is 0. The first-order chi connectivity index (χ1) is 0. The van der Waals surface area contributed by atoms with Gasteiger partial charge in [-0.05, 0) is 0 Å². The van der Waals surface area contributed by atoms with E-state index in [1.165, 1.54) is 0 Å². The summed E-state index contributed by atoms with van der Waals surface area (Å²) in [5.74, 6) is 0. The van der Waals surface area contributed by atoms with Crippen molar-refractivity contribution in [1.82, 2.24) is 0 Å².